The number of esters is 2. The van der Waals surface area contributed by atoms with E-state index in [0.29, 0.717) is 46.4 Å². The van der Waals surface area contributed by atoms with Gasteiger partial charge >= 0.3 is 258 Å². The topological polar surface area (TPSA) is 52.6 Å². The Morgan fingerprint density at radius 2 is 1.27 bits per heavy atom. The Balaban J connectivity index is 1.65. The van der Waals surface area contributed by atoms with Crippen molar-refractivity contribution in [3.05, 3.63) is 30.3 Å². The predicted octanol–water partition coefficient (Wildman–Crippen LogP) is 7.70. The fourth-order valence-electron chi connectivity index (χ4n) is 7.70. The summed E-state index contributed by atoms with van der Waals surface area (Å²) in [6, 6.07) is 10.7. The molecule has 3 aliphatic carbocycles. The van der Waals surface area contributed by atoms with Crippen LogP contribution in [0, 0.1) is 46.8 Å². The van der Waals surface area contributed by atoms with Crippen LogP contribution in [0.15, 0.2) is 30.3 Å². The van der Waals surface area contributed by atoms with Gasteiger partial charge < -0.3 is 0 Å². The molecule has 0 N–H and O–H groups in total. The first-order valence-electron chi connectivity index (χ1n) is 16.4. The number of carbonyl (C=O) groups excluding carboxylic acids is 2. The molecule has 0 aliphatic heterocycles. The Hall–Kier alpha value is -1.10. The van der Waals surface area contributed by atoms with Gasteiger partial charge in [0.15, 0.2) is 0 Å². The quantitative estimate of drug-likeness (QED) is 0.148. The Morgan fingerprint density at radius 3 is 1.68 bits per heavy atom. The van der Waals surface area contributed by atoms with Crippen LogP contribution in [-0.4, -0.2) is 47.2 Å². The molecule has 4 nitrogen and oxygen atoms in total. The first-order chi connectivity index (χ1) is 19.2. The van der Waals surface area contributed by atoms with E-state index in [1.807, 2.05) is 0 Å². The molecular weight excluding hydrogens is 591 g/mol. The molecule has 0 unspecified atom stereocenters. The number of rotatable bonds is 10. The van der Waals surface area contributed by atoms with E-state index in [9.17, 15) is 9.59 Å². The molecular formula is C35H56O4SeSi. The van der Waals surface area contributed by atoms with E-state index in [2.05, 4.69) is 91.5 Å². The van der Waals surface area contributed by atoms with Crippen molar-refractivity contribution in [2.24, 2.45) is 46.8 Å². The third-order valence-electron chi connectivity index (χ3n) is 10.4. The van der Waals surface area contributed by atoms with Gasteiger partial charge in [-0.1, -0.05) is 0 Å². The summed E-state index contributed by atoms with van der Waals surface area (Å²) in [6.07, 6.45) is 6.68. The third kappa shape index (κ3) is 7.52. The van der Waals surface area contributed by atoms with E-state index in [0.717, 1.165) is 25.7 Å². The molecule has 0 saturated heterocycles. The van der Waals surface area contributed by atoms with Gasteiger partial charge in [0, 0.05) is 0 Å². The number of hydrogen-bond acceptors (Lipinski definition) is 4. The zero-order valence-electron chi connectivity index (χ0n) is 27.2. The predicted molar refractivity (Wildman–Crippen MR) is 172 cm³/mol. The fraction of sp³-hybridized carbons (Fsp3) is 0.771. The van der Waals surface area contributed by atoms with Gasteiger partial charge in [-0.25, -0.2) is 0 Å². The summed E-state index contributed by atoms with van der Waals surface area (Å²) in [4.78, 5) is 28.9. The van der Waals surface area contributed by atoms with E-state index in [-0.39, 0.29) is 45.0 Å². The number of ether oxygens (including phenoxy) is 2. The van der Waals surface area contributed by atoms with Crippen molar-refractivity contribution in [2.45, 2.75) is 123 Å². The minimum atomic E-state index is -1.73. The second-order valence-electron chi connectivity index (χ2n) is 15.5. The number of benzene rings is 1. The standard InChI is InChI=1S/C35H56O4SeSi/c1-22(2)27-17-15-24(5)19-30(27)38-33(36)35(34(37)39-31-20-25(6)16-18-28(31)23(3)4)21-29(35)32(41(7,8)9)40-26-13-11-10-12-14-26/h10-14,22-25,27-32H,15-21H2,1-9H3/t24-,25-,27+,28+,29-,30-,31-,32-/m1/s1. The average Bonchev–Trinajstić information content (AvgIpc) is 3.63. The Morgan fingerprint density at radius 1 is 0.805 bits per heavy atom. The van der Waals surface area contributed by atoms with Crippen molar-refractivity contribution < 1.29 is 19.1 Å². The minimum absolute atomic E-state index is 0.00593. The zero-order chi connectivity index (χ0) is 30.1. The molecule has 8 atom stereocenters. The fourth-order valence-corrected chi connectivity index (χ4v) is 14.9. The van der Waals surface area contributed by atoms with Crippen molar-refractivity contribution in [3.8, 4) is 0 Å². The molecule has 3 saturated carbocycles. The molecule has 6 heteroatoms. The van der Waals surface area contributed by atoms with Gasteiger partial charge in [0.05, 0.1) is 0 Å². The zero-order valence-corrected chi connectivity index (χ0v) is 29.9. The van der Waals surface area contributed by atoms with Gasteiger partial charge in [-0.3, -0.25) is 0 Å². The van der Waals surface area contributed by atoms with E-state index in [1.54, 1.807) is 0 Å². The number of hydrogen-bond donors (Lipinski definition) is 0. The normalized spacial score (nSPS) is 32.4. The monoisotopic (exact) mass is 648 g/mol. The van der Waals surface area contributed by atoms with Gasteiger partial charge in [-0.05, 0) is 0 Å². The van der Waals surface area contributed by atoms with Crippen molar-refractivity contribution in [1.82, 2.24) is 0 Å². The molecule has 1 aromatic rings. The average molecular weight is 648 g/mol. The maximum absolute atomic E-state index is 14.4. The molecule has 230 valence electrons. The van der Waals surface area contributed by atoms with Crippen molar-refractivity contribution in [2.75, 3.05) is 0 Å². The summed E-state index contributed by atoms with van der Waals surface area (Å²) in [6.45, 7) is 20.7. The van der Waals surface area contributed by atoms with Gasteiger partial charge in [0.1, 0.15) is 0 Å². The van der Waals surface area contributed by atoms with Crippen LogP contribution >= 0.6 is 0 Å². The second-order valence-corrected chi connectivity index (χ2v) is 24.4. The van der Waals surface area contributed by atoms with Crippen molar-refractivity contribution in [1.29, 1.82) is 0 Å². The van der Waals surface area contributed by atoms with Crippen LogP contribution < -0.4 is 4.46 Å². The molecule has 1 aromatic carbocycles. The van der Waals surface area contributed by atoms with Crippen LogP contribution in [0.25, 0.3) is 0 Å². The van der Waals surface area contributed by atoms with Crippen LogP contribution in [0.4, 0.5) is 0 Å². The van der Waals surface area contributed by atoms with Crippen LogP contribution in [0.1, 0.15) is 86.5 Å². The summed E-state index contributed by atoms with van der Waals surface area (Å²) in [5.74, 6) is 2.11. The summed E-state index contributed by atoms with van der Waals surface area (Å²) in [7, 11) is -1.73. The number of carbonyl (C=O) groups is 2. The third-order valence-corrected chi connectivity index (χ3v) is 19.9. The summed E-state index contributed by atoms with van der Waals surface area (Å²) in [5, 5.41) is 0. The molecule has 0 bridgehead atoms. The first-order valence-corrected chi connectivity index (χ1v) is 21.8. The summed E-state index contributed by atoms with van der Waals surface area (Å²) >= 11 is 0.179. The van der Waals surface area contributed by atoms with Crippen molar-refractivity contribution >= 4 is 39.4 Å². The summed E-state index contributed by atoms with van der Waals surface area (Å²) in [5.41, 5.74) is -1.15. The molecule has 0 radical (unpaired) electrons. The van der Waals surface area contributed by atoms with Crippen LogP contribution in [-0.2, 0) is 19.1 Å². The van der Waals surface area contributed by atoms with E-state index in [1.165, 1.54) is 17.3 Å². The molecule has 0 amide bonds. The SMILES string of the molecule is CC(C)[C@@H]1CC[C@@H](C)C[C@H]1OC(=O)C1(C(=O)O[C@@H]2C[C@H](C)CC[C@H]2C(C)C)C[C@@H]1[C@H]([Se]c1ccccc1)[Si](C)(C)C. The van der Waals surface area contributed by atoms with Crippen LogP contribution in [0.3, 0.4) is 0 Å². The Kier molecular flexibility index (Phi) is 10.6. The molecule has 0 aromatic heterocycles. The van der Waals surface area contributed by atoms with E-state index < -0.39 is 13.5 Å². The van der Waals surface area contributed by atoms with Crippen LogP contribution in [0.5, 0.6) is 0 Å². The van der Waals surface area contributed by atoms with E-state index >= 15 is 0 Å². The van der Waals surface area contributed by atoms with Gasteiger partial charge in [0.25, 0.3) is 0 Å². The second kappa shape index (κ2) is 13.3. The van der Waals surface area contributed by atoms with E-state index in [4.69, 9.17) is 9.47 Å². The molecule has 0 spiro atoms. The Labute approximate surface area is 257 Å². The molecule has 4 rings (SSSR count). The van der Waals surface area contributed by atoms with Gasteiger partial charge in [-0.2, -0.15) is 0 Å². The van der Waals surface area contributed by atoms with Gasteiger partial charge in [-0.15, -0.1) is 0 Å². The maximum atomic E-state index is 14.4. The first kappa shape index (κ1) is 32.8. The Bertz CT molecular complexity index is 988. The van der Waals surface area contributed by atoms with Gasteiger partial charge in [0.2, 0.25) is 0 Å². The van der Waals surface area contributed by atoms with Crippen molar-refractivity contribution in [3.63, 3.8) is 0 Å². The molecule has 41 heavy (non-hydrogen) atoms. The van der Waals surface area contributed by atoms with Crippen LogP contribution in [0.2, 0.25) is 24.1 Å². The molecule has 0 heterocycles. The molecule has 3 fully saturated rings. The summed E-state index contributed by atoms with van der Waals surface area (Å²) < 4.78 is 14.7. The molecule has 3 aliphatic rings.